The zero-order valence-electron chi connectivity index (χ0n) is 10.9. The van der Waals surface area contributed by atoms with E-state index in [-0.39, 0.29) is 5.69 Å². The van der Waals surface area contributed by atoms with Crippen molar-refractivity contribution in [2.75, 3.05) is 12.3 Å². The van der Waals surface area contributed by atoms with Crippen LogP contribution >= 0.6 is 0 Å². The highest BCUT2D eigenvalue weighted by molar-refractivity contribution is 5.39. The number of hydrogen-bond acceptors (Lipinski definition) is 4. The standard InChI is InChI=1S/C14H15N3O3/c15-11-8-17(14(19)16-13(11)18)5-3-9-1-2-12-10(7-9)4-6-20-12/h1-2,7-8H,3-6,15H2,(H,16,18,19). The molecule has 3 N–H and O–H groups in total. The van der Waals surface area contributed by atoms with E-state index < -0.39 is 11.2 Å². The Morgan fingerprint density at radius 3 is 3.05 bits per heavy atom. The highest BCUT2D eigenvalue weighted by Gasteiger charge is 2.12. The number of ether oxygens (including phenoxy) is 1. The van der Waals surface area contributed by atoms with E-state index in [1.54, 1.807) is 0 Å². The van der Waals surface area contributed by atoms with Crippen LogP contribution in [0.5, 0.6) is 5.75 Å². The van der Waals surface area contributed by atoms with Gasteiger partial charge in [0.2, 0.25) is 0 Å². The molecule has 1 aliphatic rings. The molecule has 104 valence electrons. The van der Waals surface area contributed by atoms with Gasteiger partial charge in [-0.1, -0.05) is 12.1 Å². The Hall–Kier alpha value is -2.50. The molecule has 0 atom stereocenters. The number of H-pyrrole nitrogens is 1. The van der Waals surface area contributed by atoms with E-state index in [0.717, 1.165) is 24.3 Å². The number of nitrogens with zero attached hydrogens (tertiary/aromatic N) is 1. The summed E-state index contributed by atoms with van der Waals surface area (Å²) in [4.78, 5) is 25.0. The van der Waals surface area contributed by atoms with Crippen molar-refractivity contribution in [2.45, 2.75) is 19.4 Å². The predicted molar refractivity (Wildman–Crippen MR) is 75.1 cm³/mol. The van der Waals surface area contributed by atoms with Crippen molar-refractivity contribution in [1.82, 2.24) is 9.55 Å². The molecule has 0 saturated heterocycles. The van der Waals surface area contributed by atoms with E-state index in [9.17, 15) is 9.59 Å². The first kappa shape index (κ1) is 12.5. The fraction of sp³-hybridized carbons (Fsp3) is 0.286. The van der Waals surface area contributed by atoms with Crippen LogP contribution in [0.1, 0.15) is 11.1 Å². The summed E-state index contributed by atoms with van der Waals surface area (Å²) in [5.41, 5.74) is 6.92. The number of nitrogen functional groups attached to an aromatic ring is 1. The third-order valence-electron chi connectivity index (χ3n) is 3.43. The molecule has 6 nitrogen and oxygen atoms in total. The van der Waals surface area contributed by atoms with E-state index >= 15 is 0 Å². The van der Waals surface area contributed by atoms with Crippen molar-refractivity contribution in [3.63, 3.8) is 0 Å². The molecule has 3 rings (SSSR count). The van der Waals surface area contributed by atoms with Crippen molar-refractivity contribution >= 4 is 5.69 Å². The summed E-state index contributed by atoms with van der Waals surface area (Å²) in [5, 5.41) is 0. The van der Waals surface area contributed by atoms with Gasteiger partial charge >= 0.3 is 5.69 Å². The third kappa shape index (κ3) is 2.32. The van der Waals surface area contributed by atoms with Gasteiger partial charge in [0.1, 0.15) is 11.4 Å². The molecule has 6 heteroatoms. The van der Waals surface area contributed by atoms with E-state index in [2.05, 4.69) is 11.1 Å². The first-order valence-electron chi connectivity index (χ1n) is 6.47. The van der Waals surface area contributed by atoms with E-state index in [1.165, 1.54) is 16.3 Å². The summed E-state index contributed by atoms with van der Waals surface area (Å²) < 4.78 is 6.87. The molecule has 2 aromatic rings. The molecule has 0 aliphatic carbocycles. The fourth-order valence-corrected chi connectivity index (χ4v) is 2.34. The molecule has 0 radical (unpaired) electrons. The topological polar surface area (TPSA) is 90.1 Å². The van der Waals surface area contributed by atoms with Gasteiger partial charge in [0.25, 0.3) is 5.56 Å². The minimum atomic E-state index is -0.541. The third-order valence-corrected chi connectivity index (χ3v) is 3.43. The number of aromatic amines is 1. The average Bonchev–Trinajstić information content (AvgIpc) is 2.89. The van der Waals surface area contributed by atoms with Gasteiger partial charge in [-0.05, 0) is 23.6 Å². The van der Waals surface area contributed by atoms with Crippen LogP contribution in [0.25, 0.3) is 0 Å². The van der Waals surface area contributed by atoms with Crippen LogP contribution in [0.3, 0.4) is 0 Å². The first-order chi connectivity index (χ1) is 9.63. The Morgan fingerprint density at radius 1 is 1.35 bits per heavy atom. The minimum Gasteiger partial charge on any atom is -0.493 e. The maximum atomic E-state index is 11.6. The zero-order valence-corrected chi connectivity index (χ0v) is 10.9. The number of fused-ring (bicyclic) bond motifs is 1. The molecule has 20 heavy (non-hydrogen) atoms. The number of aromatic nitrogens is 2. The molecule has 2 heterocycles. The summed E-state index contributed by atoms with van der Waals surface area (Å²) >= 11 is 0. The van der Waals surface area contributed by atoms with Crippen LogP contribution in [-0.2, 0) is 19.4 Å². The van der Waals surface area contributed by atoms with Crippen LogP contribution in [0, 0.1) is 0 Å². The molecule has 1 aliphatic heterocycles. The smallest absolute Gasteiger partial charge is 0.328 e. The molecule has 0 spiro atoms. The van der Waals surface area contributed by atoms with Gasteiger partial charge < -0.3 is 10.5 Å². The number of aryl methyl sites for hydroxylation is 2. The van der Waals surface area contributed by atoms with Gasteiger partial charge in [-0.2, -0.15) is 0 Å². The molecular formula is C14H15N3O3. The van der Waals surface area contributed by atoms with Crippen LogP contribution in [0.4, 0.5) is 5.69 Å². The van der Waals surface area contributed by atoms with Gasteiger partial charge in [-0.3, -0.25) is 14.3 Å². The lowest BCUT2D eigenvalue weighted by Gasteiger charge is -2.07. The predicted octanol–water partition coefficient (Wildman–Crippen LogP) is 0.296. The monoisotopic (exact) mass is 273 g/mol. The number of benzene rings is 1. The Kier molecular flexibility index (Phi) is 3.06. The lowest BCUT2D eigenvalue weighted by atomic mass is 10.1. The first-order valence-corrected chi connectivity index (χ1v) is 6.47. The summed E-state index contributed by atoms with van der Waals surface area (Å²) in [6.45, 7) is 1.20. The van der Waals surface area contributed by atoms with E-state index in [4.69, 9.17) is 10.5 Å². The van der Waals surface area contributed by atoms with Gasteiger partial charge in [0.05, 0.1) is 6.61 Å². The molecule has 0 bridgehead atoms. The van der Waals surface area contributed by atoms with Crippen LogP contribution < -0.4 is 21.7 Å². The molecule has 0 saturated carbocycles. The van der Waals surface area contributed by atoms with Crippen molar-refractivity contribution in [1.29, 1.82) is 0 Å². The summed E-state index contributed by atoms with van der Waals surface area (Å²) in [5.74, 6) is 0.944. The Balaban J connectivity index is 1.78. The summed E-state index contributed by atoms with van der Waals surface area (Å²) in [6.07, 6.45) is 3.01. The lowest BCUT2D eigenvalue weighted by molar-refractivity contribution is 0.357. The second-order valence-electron chi connectivity index (χ2n) is 4.83. The molecule has 0 fully saturated rings. The van der Waals surface area contributed by atoms with Gasteiger partial charge in [0, 0.05) is 19.2 Å². The quantitative estimate of drug-likeness (QED) is 0.841. The highest BCUT2D eigenvalue weighted by atomic mass is 16.5. The van der Waals surface area contributed by atoms with E-state index in [1.807, 2.05) is 12.1 Å². The van der Waals surface area contributed by atoms with Crippen molar-refractivity contribution in [3.8, 4) is 5.75 Å². The molecular weight excluding hydrogens is 258 g/mol. The maximum Gasteiger partial charge on any atom is 0.328 e. The second-order valence-corrected chi connectivity index (χ2v) is 4.83. The van der Waals surface area contributed by atoms with Crippen LogP contribution in [-0.4, -0.2) is 16.2 Å². The SMILES string of the molecule is Nc1cn(CCc2ccc3c(c2)CCO3)c(=O)[nH]c1=O. The Bertz CT molecular complexity index is 761. The van der Waals surface area contributed by atoms with Gasteiger partial charge in [-0.15, -0.1) is 0 Å². The maximum absolute atomic E-state index is 11.6. The average molecular weight is 273 g/mol. The van der Waals surface area contributed by atoms with Crippen LogP contribution in [0.2, 0.25) is 0 Å². The second kappa shape index (κ2) is 4.88. The van der Waals surface area contributed by atoms with E-state index in [0.29, 0.717) is 13.0 Å². The van der Waals surface area contributed by atoms with Gasteiger partial charge in [-0.25, -0.2) is 4.79 Å². The zero-order chi connectivity index (χ0) is 14.1. The van der Waals surface area contributed by atoms with Gasteiger partial charge in [0.15, 0.2) is 0 Å². The number of nitrogens with one attached hydrogen (secondary N) is 1. The molecule has 0 unspecified atom stereocenters. The normalized spacial score (nSPS) is 13.0. The van der Waals surface area contributed by atoms with Crippen LogP contribution in [0.15, 0.2) is 34.0 Å². The number of rotatable bonds is 3. The minimum absolute atomic E-state index is 0.0481. The lowest BCUT2D eigenvalue weighted by Crippen LogP contribution is -2.31. The Morgan fingerprint density at radius 2 is 2.20 bits per heavy atom. The highest BCUT2D eigenvalue weighted by Crippen LogP contribution is 2.26. The Labute approximate surface area is 114 Å². The number of anilines is 1. The molecule has 1 aromatic carbocycles. The van der Waals surface area contributed by atoms with Crippen molar-refractivity contribution < 1.29 is 4.74 Å². The summed E-state index contributed by atoms with van der Waals surface area (Å²) in [7, 11) is 0. The van der Waals surface area contributed by atoms with Crippen molar-refractivity contribution in [3.05, 3.63) is 56.4 Å². The fourth-order valence-electron chi connectivity index (χ4n) is 2.34. The molecule has 1 aromatic heterocycles. The summed E-state index contributed by atoms with van der Waals surface area (Å²) in [6, 6.07) is 6.05. The number of hydrogen-bond donors (Lipinski definition) is 2. The van der Waals surface area contributed by atoms with Crippen molar-refractivity contribution in [2.24, 2.45) is 0 Å². The largest absolute Gasteiger partial charge is 0.493 e. The molecule has 0 amide bonds. The number of nitrogens with two attached hydrogens (primary N) is 1.